The maximum absolute atomic E-state index is 11.7. The third-order valence-corrected chi connectivity index (χ3v) is 4.40. The quantitative estimate of drug-likeness (QED) is 0.782. The lowest BCUT2D eigenvalue weighted by Crippen LogP contribution is -2.54. The molecular weight excluding hydrogens is 256 g/mol. The molecule has 2 rings (SSSR count). The van der Waals surface area contributed by atoms with Crippen LogP contribution in [-0.4, -0.2) is 60.4 Å². The summed E-state index contributed by atoms with van der Waals surface area (Å²) in [5, 5.41) is 12.6. The van der Waals surface area contributed by atoms with E-state index in [0.717, 1.165) is 19.7 Å². The lowest BCUT2D eigenvalue weighted by Gasteiger charge is -2.42. The van der Waals surface area contributed by atoms with Gasteiger partial charge in [0.15, 0.2) is 0 Å². The second-order valence-electron chi connectivity index (χ2n) is 6.42. The van der Waals surface area contributed by atoms with Crippen LogP contribution < -0.4 is 5.32 Å². The predicted octanol–water partition coefficient (Wildman–Crippen LogP) is 0.763. The Morgan fingerprint density at radius 3 is 3.00 bits per heavy atom. The van der Waals surface area contributed by atoms with E-state index in [2.05, 4.69) is 10.2 Å². The molecule has 0 aromatic carbocycles. The number of nitrogens with zero attached hydrogens (tertiary/aromatic N) is 1. The monoisotopic (exact) mass is 284 g/mol. The molecule has 1 amide bonds. The smallest absolute Gasteiger partial charge is 0.222 e. The van der Waals surface area contributed by atoms with E-state index >= 15 is 0 Å². The van der Waals surface area contributed by atoms with E-state index in [1.807, 2.05) is 13.8 Å². The van der Waals surface area contributed by atoms with Gasteiger partial charge < -0.3 is 15.2 Å². The van der Waals surface area contributed by atoms with Crippen LogP contribution in [0.5, 0.6) is 0 Å². The first-order valence-corrected chi connectivity index (χ1v) is 7.86. The van der Waals surface area contributed by atoms with Crippen molar-refractivity contribution >= 4 is 5.91 Å². The molecule has 2 fully saturated rings. The van der Waals surface area contributed by atoms with E-state index in [-0.39, 0.29) is 24.3 Å². The Morgan fingerprint density at radius 1 is 1.45 bits per heavy atom. The Morgan fingerprint density at radius 2 is 2.25 bits per heavy atom. The van der Waals surface area contributed by atoms with Gasteiger partial charge in [-0.05, 0) is 25.3 Å². The van der Waals surface area contributed by atoms with Gasteiger partial charge in [0.1, 0.15) is 0 Å². The zero-order chi connectivity index (χ0) is 14.5. The maximum Gasteiger partial charge on any atom is 0.222 e. The number of hydrogen-bond donors (Lipinski definition) is 2. The minimum Gasteiger partial charge on any atom is -0.392 e. The summed E-state index contributed by atoms with van der Waals surface area (Å²) in [5.74, 6) is 0.0244. The molecule has 2 saturated heterocycles. The van der Waals surface area contributed by atoms with E-state index in [0.29, 0.717) is 12.6 Å². The highest BCUT2D eigenvalue weighted by Crippen LogP contribution is 2.21. The summed E-state index contributed by atoms with van der Waals surface area (Å²) in [6, 6.07) is 0.582. The van der Waals surface area contributed by atoms with Gasteiger partial charge in [0, 0.05) is 19.1 Å². The van der Waals surface area contributed by atoms with E-state index in [9.17, 15) is 9.90 Å². The molecule has 2 aliphatic heterocycles. The number of piperidine rings is 1. The Kier molecular flexibility index (Phi) is 5.81. The highest BCUT2D eigenvalue weighted by molar-refractivity contribution is 5.76. The molecule has 5 nitrogen and oxygen atoms in total. The molecule has 3 atom stereocenters. The largest absolute Gasteiger partial charge is 0.392 e. The fraction of sp³-hybridized carbons (Fsp3) is 0.933. The average Bonchev–Trinajstić information content (AvgIpc) is 2.44. The number of ether oxygens (including phenoxy) is 1. The minimum atomic E-state index is -0.561. The molecule has 0 aromatic heterocycles. The predicted molar refractivity (Wildman–Crippen MR) is 77.4 cm³/mol. The van der Waals surface area contributed by atoms with Crippen molar-refractivity contribution in [1.29, 1.82) is 0 Å². The van der Waals surface area contributed by atoms with Gasteiger partial charge >= 0.3 is 0 Å². The van der Waals surface area contributed by atoms with Crippen LogP contribution in [0.3, 0.4) is 0 Å². The van der Waals surface area contributed by atoms with Crippen LogP contribution in [0.25, 0.3) is 0 Å². The highest BCUT2D eigenvalue weighted by atomic mass is 16.5. The summed E-state index contributed by atoms with van der Waals surface area (Å²) in [5.41, 5.74) is 0. The molecule has 0 spiro atoms. The van der Waals surface area contributed by atoms with Crippen LogP contribution in [0.4, 0.5) is 0 Å². The summed E-state index contributed by atoms with van der Waals surface area (Å²) in [6.07, 6.45) is 3.52. The molecule has 5 heteroatoms. The van der Waals surface area contributed by atoms with Crippen molar-refractivity contribution in [3.8, 4) is 0 Å². The van der Waals surface area contributed by atoms with Crippen LogP contribution in [0.2, 0.25) is 0 Å². The van der Waals surface area contributed by atoms with Gasteiger partial charge in [0.2, 0.25) is 5.91 Å². The van der Waals surface area contributed by atoms with Crippen LogP contribution in [-0.2, 0) is 9.53 Å². The first-order chi connectivity index (χ1) is 9.56. The molecule has 0 unspecified atom stereocenters. The first-order valence-electron chi connectivity index (χ1n) is 7.86. The van der Waals surface area contributed by atoms with Gasteiger partial charge in [-0.25, -0.2) is 0 Å². The molecular formula is C15H28N2O3. The van der Waals surface area contributed by atoms with E-state index in [1.165, 1.54) is 19.3 Å². The Labute approximate surface area is 121 Å². The molecule has 0 aromatic rings. The normalized spacial score (nSPS) is 29.0. The Hall–Kier alpha value is -0.650. The standard InChI is InChI=1S/C15H28N2O3/c1-11(2)14(18)7-15(19)16-8-13-9-17-6-4-3-5-12(17)10-20-13/h11-14,18H,3-10H2,1-2H3,(H,16,19)/t12-,13+,14+/m0/s1. The van der Waals surface area contributed by atoms with E-state index < -0.39 is 6.10 Å². The molecule has 0 radical (unpaired) electrons. The minimum absolute atomic E-state index is 0.0874. The number of amides is 1. The third kappa shape index (κ3) is 4.43. The Bertz CT molecular complexity index is 322. The molecule has 20 heavy (non-hydrogen) atoms. The second kappa shape index (κ2) is 7.38. The number of aliphatic hydroxyl groups excluding tert-OH is 1. The highest BCUT2D eigenvalue weighted by Gasteiger charge is 2.30. The number of morpholine rings is 1. The van der Waals surface area contributed by atoms with Crippen molar-refractivity contribution in [3.05, 3.63) is 0 Å². The van der Waals surface area contributed by atoms with Gasteiger partial charge in [-0.15, -0.1) is 0 Å². The van der Waals surface area contributed by atoms with Gasteiger partial charge in [0.25, 0.3) is 0 Å². The van der Waals surface area contributed by atoms with Gasteiger partial charge in [-0.1, -0.05) is 20.3 Å². The van der Waals surface area contributed by atoms with Crippen LogP contribution in [0, 0.1) is 5.92 Å². The lowest BCUT2D eigenvalue weighted by atomic mass is 10.0. The SMILES string of the molecule is CC(C)[C@H](O)CC(=O)NC[C@@H]1CN2CCCC[C@H]2CO1. The van der Waals surface area contributed by atoms with E-state index in [1.54, 1.807) is 0 Å². The maximum atomic E-state index is 11.7. The van der Waals surface area contributed by atoms with Gasteiger partial charge in [0.05, 0.1) is 25.2 Å². The third-order valence-electron chi connectivity index (χ3n) is 4.40. The van der Waals surface area contributed by atoms with Crippen molar-refractivity contribution in [2.24, 2.45) is 5.92 Å². The molecule has 2 heterocycles. The summed E-state index contributed by atoms with van der Waals surface area (Å²) < 4.78 is 5.83. The zero-order valence-corrected chi connectivity index (χ0v) is 12.7. The number of nitrogens with one attached hydrogen (secondary N) is 1. The van der Waals surface area contributed by atoms with Crippen LogP contribution in [0.1, 0.15) is 39.5 Å². The van der Waals surface area contributed by atoms with Crippen molar-refractivity contribution in [1.82, 2.24) is 10.2 Å². The first kappa shape index (κ1) is 15.7. The summed E-state index contributed by atoms with van der Waals surface area (Å²) in [4.78, 5) is 14.2. The van der Waals surface area contributed by atoms with Crippen LogP contribution >= 0.6 is 0 Å². The number of hydrogen-bond acceptors (Lipinski definition) is 4. The Balaban J connectivity index is 1.68. The van der Waals surface area contributed by atoms with Crippen molar-refractivity contribution in [3.63, 3.8) is 0 Å². The molecule has 116 valence electrons. The number of carbonyl (C=O) groups is 1. The van der Waals surface area contributed by atoms with Crippen molar-refractivity contribution in [2.75, 3.05) is 26.2 Å². The topological polar surface area (TPSA) is 61.8 Å². The molecule has 0 saturated carbocycles. The second-order valence-corrected chi connectivity index (χ2v) is 6.42. The zero-order valence-electron chi connectivity index (χ0n) is 12.7. The summed E-state index contributed by atoms with van der Waals surface area (Å²) in [6.45, 7) is 7.24. The number of carbonyl (C=O) groups excluding carboxylic acids is 1. The summed E-state index contributed by atoms with van der Waals surface area (Å²) in [7, 11) is 0. The number of rotatable bonds is 5. The fourth-order valence-corrected chi connectivity index (χ4v) is 2.90. The molecule has 2 aliphatic rings. The molecule has 2 N–H and O–H groups in total. The fourth-order valence-electron chi connectivity index (χ4n) is 2.90. The van der Waals surface area contributed by atoms with Crippen molar-refractivity contribution < 1.29 is 14.6 Å². The number of aliphatic hydroxyl groups is 1. The van der Waals surface area contributed by atoms with Gasteiger partial charge in [-0.3, -0.25) is 9.69 Å². The molecule has 0 bridgehead atoms. The lowest BCUT2D eigenvalue weighted by molar-refractivity contribution is -0.125. The summed E-state index contributed by atoms with van der Waals surface area (Å²) >= 11 is 0. The average molecular weight is 284 g/mol. The van der Waals surface area contributed by atoms with Crippen LogP contribution in [0.15, 0.2) is 0 Å². The van der Waals surface area contributed by atoms with E-state index in [4.69, 9.17) is 4.74 Å². The van der Waals surface area contributed by atoms with Crippen molar-refractivity contribution in [2.45, 2.75) is 57.8 Å². The molecule has 0 aliphatic carbocycles. The van der Waals surface area contributed by atoms with Gasteiger partial charge in [-0.2, -0.15) is 0 Å². The number of fused-ring (bicyclic) bond motifs is 1.